The number of nitrogens with one attached hydrogen (secondary N) is 1. The molecule has 2 rings (SSSR count). The second-order valence-corrected chi connectivity index (χ2v) is 6.45. The molecule has 1 aliphatic carbocycles. The lowest BCUT2D eigenvalue weighted by molar-refractivity contribution is 0.0984. The summed E-state index contributed by atoms with van der Waals surface area (Å²) in [6, 6.07) is 0.708. The fraction of sp³-hybridized carbons (Fsp3) is 1.00. The van der Waals surface area contributed by atoms with Crippen LogP contribution in [0.2, 0.25) is 0 Å². The Labute approximate surface area is 107 Å². The average molecular weight is 238 g/mol. The molecular weight excluding hydrogens is 208 g/mol. The first kappa shape index (κ1) is 13.4. The van der Waals surface area contributed by atoms with Crippen molar-refractivity contribution in [3.63, 3.8) is 0 Å². The Morgan fingerprint density at radius 3 is 2.65 bits per heavy atom. The molecule has 0 aromatic carbocycles. The molecule has 0 aromatic rings. The highest BCUT2D eigenvalue weighted by molar-refractivity contribution is 4.94. The van der Waals surface area contributed by atoms with Crippen LogP contribution in [0.5, 0.6) is 0 Å². The van der Waals surface area contributed by atoms with Gasteiger partial charge < -0.3 is 5.32 Å². The van der Waals surface area contributed by atoms with Gasteiger partial charge in [0.25, 0.3) is 0 Å². The van der Waals surface area contributed by atoms with Gasteiger partial charge in [-0.3, -0.25) is 4.90 Å². The third kappa shape index (κ3) is 3.03. The van der Waals surface area contributed by atoms with Crippen molar-refractivity contribution >= 4 is 0 Å². The van der Waals surface area contributed by atoms with E-state index in [1.165, 1.54) is 58.2 Å². The Hall–Kier alpha value is -0.0800. The summed E-state index contributed by atoms with van der Waals surface area (Å²) in [4.78, 5) is 2.80. The van der Waals surface area contributed by atoms with Crippen molar-refractivity contribution in [3.05, 3.63) is 0 Å². The SMILES string of the molecule is CCC(C)C1CN(C2(C)CCCC2)CCCN1. The lowest BCUT2D eigenvalue weighted by Gasteiger charge is -2.40. The lowest BCUT2D eigenvalue weighted by Crippen LogP contribution is -2.50. The van der Waals surface area contributed by atoms with Crippen molar-refractivity contribution in [2.24, 2.45) is 5.92 Å². The fourth-order valence-corrected chi connectivity index (χ4v) is 3.56. The number of nitrogens with zero attached hydrogens (tertiary/aromatic N) is 1. The predicted molar refractivity (Wildman–Crippen MR) is 74.3 cm³/mol. The maximum Gasteiger partial charge on any atom is 0.0220 e. The van der Waals surface area contributed by atoms with Crippen molar-refractivity contribution in [3.8, 4) is 0 Å². The lowest BCUT2D eigenvalue weighted by atomic mass is 9.94. The van der Waals surface area contributed by atoms with Crippen LogP contribution in [0.25, 0.3) is 0 Å². The number of hydrogen-bond donors (Lipinski definition) is 1. The highest BCUT2D eigenvalue weighted by atomic mass is 15.2. The minimum absolute atomic E-state index is 0.512. The van der Waals surface area contributed by atoms with E-state index in [9.17, 15) is 0 Å². The van der Waals surface area contributed by atoms with E-state index in [-0.39, 0.29) is 0 Å². The largest absolute Gasteiger partial charge is 0.312 e. The topological polar surface area (TPSA) is 15.3 Å². The van der Waals surface area contributed by atoms with E-state index in [4.69, 9.17) is 0 Å². The van der Waals surface area contributed by atoms with Gasteiger partial charge in [-0.15, -0.1) is 0 Å². The molecule has 1 heterocycles. The highest BCUT2D eigenvalue weighted by Crippen LogP contribution is 2.35. The van der Waals surface area contributed by atoms with Crippen LogP contribution in [0.1, 0.15) is 59.3 Å². The molecule has 1 saturated heterocycles. The van der Waals surface area contributed by atoms with Crippen molar-refractivity contribution < 1.29 is 0 Å². The highest BCUT2D eigenvalue weighted by Gasteiger charge is 2.37. The Morgan fingerprint density at radius 2 is 2.00 bits per heavy atom. The van der Waals surface area contributed by atoms with Crippen LogP contribution in [0.15, 0.2) is 0 Å². The average Bonchev–Trinajstić information content (AvgIpc) is 2.64. The Bertz CT molecular complexity index is 233. The van der Waals surface area contributed by atoms with E-state index in [1.54, 1.807) is 0 Å². The van der Waals surface area contributed by atoms with Crippen LogP contribution in [-0.4, -0.2) is 36.1 Å². The van der Waals surface area contributed by atoms with E-state index in [0.29, 0.717) is 11.6 Å². The summed E-state index contributed by atoms with van der Waals surface area (Å²) in [6.45, 7) is 11.0. The summed E-state index contributed by atoms with van der Waals surface area (Å²) in [5.41, 5.74) is 0.512. The monoisotopic (exact) mass is 238 g/mol. The van der Waals surface area contributed by atoms with Crippen molar-refractivity contribution in [1.29, 1.82) is 0 Å². The standard InChI is InChI=1S/C15H30N2/c1-4-13(2)14-12-17(11-7-10-16-14)15(3)8-5-6-9-15/h13-14,16H,4-12H2,1-3H3. The van der Waals surface area contributed by atoms with E-state index < -0.39 is 0 Å². The van der Waals surface area contributed by atoms with E-state index in [0.717, 1.165) is 5.92 Å². The van der Waals surface area contributed by atoms with Crippen molar-refractivity contribution in [2.45, 2.75) is 70.9 Å². The first-order chi connectivity index (χ1) is 8.15. The van der Waals surface area contributed by atoms with E-state index in [2.05, 4.69) is 31.0 Å². The summed E-state index contributed by atoms with van der Waals surface area (Å²) in [5, 5.41) is 3.76. The van der Waals surface area contributed by atoms with Gasteiger partial charge in [0.15, 0.2) is 0 Å². The summed E-state index contributed by atoms with van der Waals surface area (Å²) >= 11 is 0. The van der Waals surface area contributed by atoms with Gasteiger partial charge in [-0.25, -0.2) is 0 Å². The van der Waals surface area contributed by atoms with Gasteiger partial charge in [-0.1, -0.05) is 33.1 Å². The molecule has 0 radical (unpaired) electrons. The van der Waals surface area contributed by atoms with Crippen molar-refractivity contribution in [2.75, 3.05) is 19.6 Å². The maximum absolute atomic E-state index is 3.76. The zero-order valence-electron chi connectivity index (χ0n) is 12.0. The first-order valence-electron chi connectivity index (χ1n) is 7.64. The predicted octanol–water partition coefficient (Wildman–Crippen LogP) is 3.03. The van der Waals surface area contributed by atoms with Gasteiger partial charge in [0.05, 0.1) is 0 Å². The molecule has 1 aliphatic heterocycles. The number of rotatable bonds is 3. The third-order valence-corrected chi connectivity index (χ3v) is 5.20. The molecule has 2 fully saturated rings. The molecule has 2 unspecified atom stereocenters. The van der Waals surface area contributed by atoms with Crippen LogP contribution in [-0.2, 0) is 0 Å². The minimum atomic E-state index is 0.512. The van der Waals surface area contributed by atoms with E-state index in [1.807, 2.05) is 0 Å². The zero-order valence-corrected chi connectivity index (χ0v) is 12.0. The van der Waals surface area contributed by atoms with Gasteiger partial charge in [-0.05, 0) is 45.2 Å². The molecule has 0 spiro atoms. The third-order valence-electron chi connectivity index (χ3n) is 5.20. The second-order valence-electron chi connectivity index (χ2n) is 6.45. The molecule has 2 nitrogen and oxygen atoms in total. The molecule has 2 heteroatoms. The van der Waals surface area contributed by atoms with Crippen LogP contribution in [0.3, 0.4) is 0 Å². The van der Waals surface area contributed by atoms with Gasteiger partial charge in [0, 0.05) is 18.1 Å². The Balaban J connectivity index is 2.01. The molecular formula is C15H30N2. The van der Waals surface area contributed by atoms with Gasteiger partial charge in [0.2, 0.25) is 0 Å². The Kier molecular flexibility index (Phi) is 4.48. The summed E-state index contributed by atoms with van der Waals surface area (Å²) < 4.78 is 0. The summed E-state index contributed by atoms with van der Waals surface area (Å²) in [7, 11) is 0. The number of hydrogen-bond acceptors (Lipinski definition) is 2. The van der Waals surface area contributed by atoms with Crippen LogP contribution in [0.4, 0.5) is 0 Å². The molecule has 2 aliphatic rings. The summed E-state index contributed by atoms with van der Waals surface area (Å²) in [6.07, 6.45) is 8.33. The van der Waals surface area contributed by atoms with Gasteiger partial charge in [-0.2, -0.15) is 0 Å². The molecule has 0 bridgehead atoms. The van der Waals surface area contributed by atoms with Gasteiger partial charge >= 0.3 is 0 Å². The molecule has 17 heavy (non-hydrogen) atoms. The summed E-state index contributed by atoms with van der Waals surface area (Å²) in [5.74, 6) is 0.806. The van der Waals surface area contributed by atoms with Crippen molar-refractivity contribution in [1.82, 2.24) is 10.2 Å². The normalized spacial score (nSPS) is 32.3. The first-order valence-corrected chi connectivity index (χ1v) is 7.64. The van der Waals surface area contributed by atoms with Crippen LogP contribution < -0.4 is 5.32 Å². The minimum Gasteiger partial charge on any atom is -0.312 e. The van der Waals surface area contributed by atoms with E-state index >= 15 is 0 Å². The molecule has 2 atom stereocenters. The van der Waals surface area contributed by atoms with Gasteiger partial charge in [0.1, 0.15) is 0 Å². The molecule has 1 N–H and O–H groups in total. The Morgan fingerprint density at radius 1 is 1.29 bits per heavy atom. The fourth-order valence-electron chi connectivity index (χ4n) is 3.56. The molecule has 0 aromatic heterocycles. The molecule has 0 amide bonds. The molecule has 100 valence electrons. The maximum atomic E-state index is 3.76. The smallest absolute Gasteiger partial charge is 0.0220 e. The van der Waals surface area contributed by atoms with Crippen LogP contribution in [0, 0.1) is 5.92 Å². The van der Waals surface area contributed by atoms with Crippen LogP contribution >= 0.6 is 0 Å². The zero-order chi connectivity index (χ0) is 12.3. The quantitative estimate of drug-likeness (QED) is 0.813. The second kappa shape index (κ2) is 5.71. The molecule has 1 saturated carbocycles.